The van der Waals surface area contributed by atoms with Crippen LogP contribution in [0.15, 0.2) is 12.1 Å². The van der Waals surface area contributed by atoms with E-state index in [1.54, 1.807) is 0 Å². The van der Waals surface area contributed by atoms with Gasteiger partial charge in [0.2, 0.25) is 0 Å². The fourth-order valence-electron chi connectivity index (χ4n) is 4.04. The molecule has 3 nitrogen and oxygen atoms in total. The summed E-state index contributed by atoms with van der Waals surface area (Å²) in [6.45, 7) is 12.9. The van der Waals surface area contributed by atoms with Crippen molar-refractivity contribution in [2.45, 2.75) is 85.7 Å². The molecule has 1 atom stereocenters. The number of nitriles is 1. The molecule has 0 bridgehead atoms. The zero-order valence-electron chi connectivity index (χ0n) is 18.9. The first-order chi connectivity index (χ1) is 13.3. The first-order valence-corrected chi connectivity index (χ1v) is 13.4. The molecule has 1 rings (SSSR count). The SMILES string of the molecule is CCCC[P+](CCCC)(CCCC)C(C)C(=O)Nc1c(C)cc(C#N)cc1C. The average Bonchev–Trinajstić information content (AvgIpc) is 2.69. The lowest BCUT2D eigenvalue weighted by Gasteiger charge is -2.33. The topological polar surface area (TPSA) is 52.9 Å². The zero-order valence-corrected chi connectivity index (χ0v) is 19.8. The Bertz CT molecular complexity index is 633. The van der Waals surface area contributed by atoms with Crippen LogP contribution >= 0.6 is 7.26 Å². The maximum absolute atomic E-state index is 13.4. The molecule has 0 saturated carbocycles. The third-order valence-corrected chi connectivity index (χ3v) is 11.5. The Hall–Kier alpha value is -1.39. The Morgan fingerprint density at radius 2 is 1.43 bits per heavy atom. The van der Waals surface area contributed by atoms with Gasteiger partial charge in [0.15, 0.2) is 0 Å². The van der Waals surface area contributed by atoms with Crippen molar-refractivity contribution in [3.05, 3.63) is 28.8 Å². The molecule has 1 amide bonds. The van der Waals surface area contributed by atoms with Crippen LogP contribution in [-0.2, 0) is 4.79 Å². The molecule has 0 aromatic heterocycles. The Labute approximate surface area is 173 Å². The standard InChI is InChI=1S/C24H39N2OP/c1-7-10-13-28(14-11-8-2,15-12-9-3)21(6)24(27)26-23-19(4)16-22(18-25)17-20(23)5/h16-17,21H,7-15H2,1-6H3/p+1. The minimum absolute atomic E-state index is 0.0894. The predicted molar refractivity (Wildman–Crippen MR) is 125 cm³/mol. The van der Waals surface area contributed by atoms with E-state index < -0.39 is 7.26 Å². The van der Waals surface area contributed by atoms with Crippen molar-refractivity contribution in [3.8, 4) is 6.07 Å². The average molecular weight is 404 g/mol. The molecule has 4 heteroatoms. The smallest absolute Gasteiger partial charge is 0.264 e. The van der Waals surface area contributed by atoms with Crippen LogP contribution in [0.2, 0.25) is 0 Å². The van der Waals surface area contributed by atoms with Crippen molar-refractivity contribution >= 4 is 18.9 Å². The molecule has 1 aromatic rings. The maximum atomic E-state index is 13.4. The number of carbonyl (C=O) groups excluding carboxylic acids is 1. The fraction of sp³-hybridized carbons (Fsp3) is 0.667. The first kappa shape index (κ1) is 24.6. The summed E-state index contributed by atoms with van der Waals surface area (Å²) in [5, 5.41) is 12.4. The highest BCUT2D eigenvalue weighted by Crippen LogP contribution is 2.64. The summed E-state index contributed by atoms with van der Waals surface area (Å²) in [5.74, 6) is 0.174. The van der Waals surface area contributed by atoms with E-state index in [2.05, 4.69) is 39.1 Å². The van der Waals surface area contributed by atoms with Crippen LogP contribution in [0.1, 0.15) is 82.9 Å². The van der Waals surface area contributed by atoms with Gasteiger partial charge in [-0.3, -0.25) is 4.79 Å². The van der Waals surface area contributed by atoms with Crippen LogP contribution in [0, 0.1) is 25.2 Å². The molecule has 0 spiro atoms. The normalized spacial score (nSPS) is 12.5. The van der Waals surface area contributed by atoms with Crippen molar-refractivity contribution in [3.63, 3.8) is 0 Å². The molecule has 1 N–H and O–H groups in total. The summed E-state index contributed by atoms with van der Waals surface area (Å²) < 4.78 is 0. The second kappa shape index (κ2) is 12.2. The number of hydrogen-bond donors (Lipinski definition) is 1. The molecule has 156 valence electrons. The zero-order chi connectivity index (χ0) is 21.2. The Morgan fingerprint density at radius 3 is 1.79 bits per heavy atom. The molecule has 0 saturated heterocycles. The van der Waals surface area contributed by atoms with E-state index in [-0.39, 0.29) is 11.6 Å². The fourth-order valence-corrected chi connectivity index (χ4v) is 9.27. The van der Waals surface area contributed by atoms with Crippen LogP contribution in [0.4, 0.5) is 5.69 Å². The lowest BCUT2D eigenvalue weighted by atomic mass is 10.0. The number of unbranched alkanes of at least 4 members (excludes halogenated alkanes) is 3. The van der Waals surface area contributed by atoms with E-state index in [9.17, 15) is 4.79 Å². The van der Waals surface area contributed by atoms with E-state index >= 15 is 0 Å². The van der Waals surface area contributed by atoms with Gasteiger partial charge in [-0.2, -0.15) is 5.26 Å². The number of nitrogens with zero attached hydrogens (tertiary/aromatic N) is 1. The molecule has 1 aromatic carbocycles. The molecule has 28 heavy (non-hydrogen) atoms. The Balaban J connectivity index is 3.13. The van der Waals surface area contributed by atoms with Crippen LogP contribution < -0.4 is 5.32 Å². The monoisotopic (exact) mass is 403 g/mol. The Morgan fingerprint density at radius 1 is 1.00 bits per heavy atom. The molecule has 0 aliphatic carbocycles. The molecule has 1 unspecified atom stereocenters. The molecule has 0 heterocycles. The first-order valence-electron chi connectivity index (χ1n) is 11.0. The number of nitrogens with one attached hydrogen (secondary N) is 1. The van der Waals surface area contributed by atoms with Gasteiger partial charge in [0.25, 0.3) is 5.91 Å². The minimum Gasteiger partial charge on any atom is -0.322 e. The number of benzene rings is 1. The van der Waals surface area contributed by atoms with Crippen LogP contribution in [0.25, 0.3) is 0 Å². The second-order valence-corrected chi connectivity index (χ2v) is 12.8. The molecule has 0 radical (unpaired) electrons. The van der Waals surface area contributed by atoms with Crippen LogP contribution in [0.5, 0.6) is 0 Å². The van der Waals surface area contributed by atoms with Gasteiger partial charge in [-0.15, -0.1) is 0 Å². The minimum atomic E-state index is -1.34. The summed E-state index contributed by atoms with van der Waals surface area (Å²) in [6, 6.07) is 5.92. The molecule has 0 aliphatic rings. The van der Waals surface area contributed by atoms with E-state index in [1.165, 1.54) is 57.0 Å². The highest BCUT2D eigenvalue weighted by atomic mass is 31.2. The summed E-state index contributed by atoms with van der Waals surface area (Å²) in [4.78, 5) is 13.4. The molecule has 0 aliphatic heterocycles. The van der Waals surface area contributed by atoms with Gasteiger partial charge >= 0.3 is 0 Å². The van der Waals surface area contributed by atoms with Gasteiger partial charge in [-0.25, -0.2) is 0 Å². The Kier molecular flexibility index (Phi) is 10.8. The van der Waals surface area contributed by atoms with Gasteiger partial charge in [0.1, 0.15) is 5.66 Å². The van der Waals surface area contributed by atoms with Crippen molar-refractivity contribution in [1.82, 2.24) is 0 Å². The van der Waals surface area contributed by atoms with E-state index in [4.69, 9.17) is 5.26 Å². The van der Waals surface area contributed by atoms with Gasteiger partial charge in [-0.05, 0) is 63.3 Å². The summed E-state index contributed by atoms with van der Waals surface area (Å²) in [7, 11) is -1.34. The van der Waals surface area contributed by atoms with Gasteiger partial charge < -0.3 is 5.32 Å². The highest BCUT2D eigenvalue weighted by Gasteiger charge is 2.45. The van der Waals surface area contributed by atoms with Gasteiger partial charge in [0, 0.05) is 12.9 Å². The van der Waals surface area contributed by atoms with E-state index in [1.807, 2.05) is 26.0 Å². The number of rotatable bonds is 12. The third kappa shape index (κ3) is 6.59. The number of anilines is 1. The van der Waals surface area contributed by atoms with E-state index in [0.717, 1.165) is 16.8 Å². The largest absolute Gasteiger partial charge is 0.322 e. The van der Waals surface area contributed by atoms with Crippen molar-refractivity contribution in [1.29, 1.82) is 5.26 Å². The number of amides is 1. The molecular formula is C24H40N2OP+. The van der Waals surface area contributed by atoms with Gasteiger partial charge in [0.05, 0.1) is 30.1 Å². The van der Waals surface area contributed by atoms with Crippen LogP contribution in [0.3, 0.4) is 0 Å². The summed E-state index contributed by atoms with van der Waals surface area (Å²) in [5.41, 5.74) is 3.56. The van der Waals surface area contributed by atoms with Gasteiger partial charge in [-0.1, -0.05) is 40.0 Å². The summed E-state index contributed by atoms with van der Waals surface area (Å²) >= 11 is 0. The number of hydrogen-bond acceptors (Lipinski definition) is 2. The maximum Gasteiger partial charge on any atom is 0.264 e. The second-order valence-electron chi connectivity index (χ2n) is 8.21. The lowest BCUT2D eigenvalue weighted by molar-refractivity contribution is -0.115. The highest BCUT2D eigenvalue weighted by molar-refractivity contribution is 7.77. The number of aryl methyl sites for hydroxylation is 2. The third-order valence-electron chi connectivity index (χ3n) is 5.98. The quantitative estimate of drug-likeness (QED) is 0.385. The van der Waals surface area contributed by atoms with Crippen molar-refractivity contribution in [2.75, 3.05) is 23.8 Å². The van der Waals surface area contributed by atoms with E-state index in [0.29, 0.717) is 5.56 Å². The van der Waals surface area contributed by atoms with Crippen LogP contribution in [-0.4, -0.2) is 30.1 Å². The van der Waals surface area contributed by atoms with Crippen molar-refractivity contribution < 1.29 is 4.79 Å². The number of carbonyl (C=O) groups is 1. The lowest BCUT2D eigenvalue weighted by Crippen LogP contribution is -2.32. The predicted octanol–water partition coefficient (Wildman–Crippen LogP) is 6.92. The molecular weight excluding hydrogens is 363 g/mol. The van der Waals surface area contributed by atoms with Crippen molar-refractivity contribution in [2.24, 2.45) is 0 Å². The summed E-state index contributed by atoms with van der Waals surface area (Å²) in [6.07, 6.45) is 11.0. The molecule has 0 fully saturated rings.